The molecule has 0 fully saturated rings. The zero-order valence-electron chi connectivity index (χ0n) is 12.9. The highest BCUT2D eigenvalue weighted by Crippen LogP contribution is 2.24. The van der Waals surface area contributed by atoms with Gasteiger partial charge in [0.15, 0.2) is 0 Å². The number of halogens is 1. The molecule has 4 nitrogen and oxygen atoms in total. The Bertz CT molecular complexity index is 628. The molecule has 1 heterocycles. The molecule has 2 rings (SSSR count). The van der Waals surface area contributed by atoms with Crippen molar-refractivity contribution in [2.45, 2.75) is 40.2 Å². The Morgan fingerprint density at radius 3 is 2.52 bits per heavy atom. The van der Waals surface area contributed by atoms with E-state index in [0.717, 1.165) is 34.0 Å². The number of aryl methyl sites for hydroxylation is 2. The number of anilines is 3. The third kappa shape index (κ3) is 4.43. The van der Waals surface area contributed by atoms with Crippen LogP contribution in [0.4, 0.5) is 17.3 Å². The van der Waals surface area contributed by atoms with Crippen LogP contribution in [-0.2, 0) is 0 Å². The summed E-state index contributed by atoms with van der Waals surface area (Å²) in [5.74, 6) is 2.39. The van der Waals surface area contributed by atoms with E-state index in [2.05, 4.69) is 69.4 Å². The molecular weight excluding hydrogens is 328 g/mol. The second-order valence-corrected chi connectivity index (χ2v) is 6.08. The van der Waals surface area contributed by atoms with E-state index in [0.29, 0.717) is 6.04 Å². The molecule has 2 N–H and O–H groups in total. The van der Waals surface area contributed by atoms with Gasteiger partial charge < -0.3 is 10.6 Å². The molecule has 112 valence electrons. The third-order valence-corrected chi connectivity index (χ3v) is 4.14. The van der Waals surface area contributed by atoms with E-state index in [1.165, 1.54) is 5.56 Å². The largest absolute Gasteiger partial charge is 0.367 e. The van der Waals surface area contributed by atoms with Crippen molar-refractivity contribution < 1.29 is 0 Å². The van der Waals surface area contributed by atoms with Gasteiger partial charge in [0.25, 0.3) is 0 Å². The van der Waals surface area contributed by atoms with Gasteiger partial charge in [-0.25, -0.2) is 9.97 Å². The highest BCUT2D eigenvalue weighted by Gasteiger charge is 2.05. The standard InChI is InChI=1S/C16H21BrN4/c1-5-11(3)18-15-9-16(20-12(4)19-15)21-13-7-6-10(2)14(17)8-13/h6-9,11H,5H2,1-4H3,(H2,18,19,20,21). The number of hydrogen-bond donors (Lipinski definition) is 2. The van der Waals surface area contributed by atoms with Crippen LogP contribution in [0.1, 0.15) is 31.7 Å². The zero-order valence-corrected chi connectivity index (χ0v) is 14.5. The number of hydrogen-bond acceptors (Lipinski definition) is 4. The molecule has 21 heavy (non-hydrogen) atoms. The monoisotopic (exact) mass is 348 g/mol. The van der Waals surface area contributed by atoms with Gasteiger partial charge in [-0.05, 0) is 44.9 Å². The first kappa shape index (κ1) is 15.8. The number of nitrogens with one attached hydrogen (secondary N) is 2. The molecule has 0 saturated carbocycles. The Hall–Kier alpha value is -1.62. The van der Waals surface area contributed by atoms with Crippen LogP contribution in [0.15, 0.2) is 28.7 Å². The van der Waals surface area contributed by atoms with Crippen molar-refractivity contribution in [2.24, 2.45) is 0 Å². The number of benzene rings is 1. The second-order valence-electron chi connectivity index (χ2n) is 5.23. The predicted octanol–water partition coefficient (Wildman–Crippen LogP) is 4.81. The number of rotatable bonds is 5. The van der Waals surface area contributed by atoms with E-state index in [-0.39, 0.29) is 0 Å². The van der Waals surface area contributed by atoms with Gasteiger partial charge in [0.1, 0.15) is 17.5 Å². The fraction of sp³-hybridized carbons (Fsp3) is 0.375. The Labute approximate surface area is 134 Å². The summed E-state index contributed by atoms with van der Waals surface area (Å²) in [5.41, 5.74) is 2.21. The van der Waals surface area contributed by atoms with Crippen molar-refractivity contribution in [2.75, 3.05) is 10.6 Å². The maximum absolute atomic E-state index is 4.44. The molecule has 1 atom stereocenters. The zero-order chi connectivity index (χ0) is 15.4. The summed E-state index contributed by atoms with van der Waals surface area (Å²) in [7, 11) is 0. The lowest BCUT2D eigenvalue weighted by Crippen LogP contribution is -2.15. The Morgan fingerprint density at radius 1 is 1.14 bits per heavy atom. The molecule has 0 aliphatic carbocycles. The molecule has 5 heteroatoms. The highest BCUT2D eigenvalue weighted by molar-refractivity contribution is 9.10. The third-order valence-electron chi connectivity index (χ3n) is 3.29. The minimum atomic E-state index is 0.390. The molecule has 0 bridgehead atoms. The van der Waals surface area contributed by atoms with Gasteiger partial charge in [-0.1, -0.05) is 28.9 Å². The van der Waals surface area contributed by atoms with E-state index < -0.39 is 0 Å². The lowest BCUT2D eigenvalue weighted by atomic mass is 10.2. The average Bonchev–Trinajstić information content (AvgIpc) is 2.42. The van der Waals surface area contributed by atoms with Crippen molar-refractivity contribution >= 4 is 33.3 Å². The molecule has 1 aromatic heterocycles. The summed E-state index contributed by atoms with van der Waals surface area (Å²) in [6.45, 7) is 8.26. The highest BCUT2D eigenvalue weighted by atomic mass is 79.9. The van der Waals surface area contributed by atoms with E-state index in [4.69, 9.17) is 0 Å². The average molecular weight is 349 g/mol. The maximum atomic E-state index is 4.44. The molecule has 1 aromatic carbocycles. The maximum Gasteiger partial charge on any atom is 0.136 e. The van der Waals surface area contributed by atoms with Crippen LogP contribution in [0.2, 0.25) is 0 Å². The van der Waals surface area contributed by atoms with Crippen molar-refractivity contribution in [3.8, 4) is 0 Å². The van der Waals surface area contributed by atoms with Crippen LogP contribution in [0.3, 0.4) is 0 Å². The normalized spacial score (nSPS) is 12.0. The molecule has 0 spiro atoms. The lowest BCUT2D eigenvalue weighted by molar-refractivity contribution is 0.757. The SMILES string of the molecule is CCC(C)Nc1cc(Nc2ccc(C)c(Br)c2)nc(C)n1. The summed E-state index contributed by atoms with van der Waals surface area (Å²) in [6, 6.07) is 8.49. The van der Waals surface area contributed by atoms with Gasteiger partial charge in [0.2, 0.25) is 0 Å². The second kappa shape index (κ2) is 6.89. The van der Waals surface area contributed by atoms with Crippen molar-refractivity contribution in [3.63, 3.8) is 0 Å². The van der Waals surface area contributed by atoms with Gasteiger partial charge in [0.05, 0.1) is 0 Å². The van der Waals surface area contributed by atoms with Gasteiger partial charge >= 0.3 is 0 Å². The smallest absolute Gasteiger partial charge is 0.136 e. The van der Waals surface area contributed by atoms with Gasteiger partial charge in [-0.2, -0.15) is 0 Å². The number of nitrogens with zero attached hydrogens (tertiary/aromatic N) is 2. The van der Waals surface area contributed by atoms with Gasteiger partial charge in [-0.3, -0.25) is 0 Å². The van der Waals surface area contributed by atoms with Crippen molar-refractivity contribution in [3.05, 3.63) is 40.1 Å². The minimum Gasteiger partial charge on any atom is -0.367 e. The summed E-state index contributed by atoms with van der Waals surface area (Å²) in [5, 5.41) is 6.70. The molecular formula is C16H21BrN4. The predicted molar refractivity (Wildman–Crippen MR) is 92.3 cm³/mol. The minimum absolute atomic E-state index is 0.390. The summed E-state index contributed by atoms with van der Waals surface area (Å²) in [4.78, 5) is 8.86. The Balaban J connectivity index is 2.21. The Morgan fingerprint density at radius 2 is 1.86 bits per heavy atom. The summed E-state index contributed by atoms with van der Waals surface area (Å²) < 4.78 is 1.08. The van der Waals surface area contributed by atoms with Crippen LogP contribution in [0.5, 0.6) is 0 Å². The fourth-order valence-electron chi connectivity index (χ4n) is 1.88. The first-order valence-corrected chi connectivity index (χ1v) is 7.92. The quantitative estimate of drug-likeness (QED) is 0.813. The first-order chi connectivity index (χ1) is 9.97. The van der Waals surface area contributed by atoms with E-state index in [1.807, 2.05) is 19.1 Å². The lowest BCUT2D eigenvalue weighted by Gasteiger charge is -2.14. The summed E-state index contributed by atoms with van der Waals surface area (Å²) in [6.07, 6.45) is 1.05. The summed E-state index contributed by atoms with van der Waals surface area (Å²) >= 11 is 3.55. The van der Waals surface area contributed by atoms with Crippen LogP contribution in [0.25, 0.3) is 0 Å². The van der Waals surface area contributed by atoms with E-state index >= 15 is 0 Å². The molecule has 0 aliphatic rings. The molecule has 0 saturated heterocycles. The first-order valence-electron chi connectivity index (χ1n) is 7.13. The van der Waals surface area contributed by atoms with Gasteiger partial charge in [-0.15, -0.1) is 0 Å². The van der Waals surface area contributed by atoms with Crippen LogP contribution < -0.4 is 10.6 Å². The van der Waals surface area contributed by atoms with Crippen molar-refractivity contribution in [1.82, 2.24) is 9.97 Å². The van der Waals surface area contributed by atoms with Crippen LogP contribution in [-0.4, -0.2) is 16.0 Å². The van der Waals surface area contributed by atoms with Crippen LogP contribution in [0, 0.1) is 13.8 Å². The van der Waals surface area contributed by atoms with Gasteiger partial charge in [0, 0.05) is 22.3 Å². The van der Waals surface area contributed by atoms with Crippen LogP contribution >= 0.6 is 15.9 Å². The molecule has 0 radical (unpaired) electrons. The Kier molecular flexibility index (Phi) is 5.17. The molecule has 2 aromatic rings. The topological polar surface area (TPSA) is 49.8 Å². The van der Waals surface area contributed by atoms with E-state index in [1.54, 1.807) is 0 Å². The fourth-order valence-corrected chi connectivity index (χ4v) is 2.26. The molecule has 0 aliphatic heterocycles. The molecule has 0 amide bonds. The molecule has 1 unspecified atom stereocenters. The van der Waals surface area contributed by atoms with E-state index in [9.17, 15) is 0 Å². The number of aromatic nitrogens is 2. The van der Waals surface area contributed by atoms with Crippen molar-refractivity contribution in [1.29, 1.82) is 0 Å².